The van der Waals surface area contributed by atoms with Crippen molar-refractivity contribution < 1.29 is 14.5 Å². The van der Waals surface area contributed by atoms with Crippen molar-refractivity contribution in [3.8, 4) is 11.8 Å². The van der Waals surface area contributed by atoms with Crippen molar-refractivity contribution in [1.29, 1.82) is 5.26 Å². The Labute approximate surface area is 91.2 Å². The molecule has 1 aromatic rings. The first-order chi connectivity index (χ1) is 7.56. The van der Waals surface area contributed by atoms with Gasteiger partial charge in [0.05, 0.1) is 4.92 Å². The van der Waals surface area contributed by atoms with Gasteiger partial charge in [-0.3, -0.25) is 14.9 Å². The summed E-state index contributed by atoms with van der Waals surface area (Å²) in [4.78, 5) is 21.1. The van der Waals surface area contributed by atoms with Crippen molar-refractivity contribution in [3.63, 3.8) is 0 Å². The van der Waals surface area contributed by atoms with Crippen molar-refractivity contribution in [2.75, 3.05) is 6.61 Å². The highest BCUT2D eigenvalue weighted by atomic mass is 16.6. The predicted molar refractivity (Wildman–Crippen MR) is 54.2 cm³/mol. The summed E-state index contributed by atoms with van der Waals surface area (Å²) < 4.78 is 4.87. The molecule has 0 unspecified atom stereocenters. The Kier molecular flexibility index (Phi) is 3.56. The van der Waals surface area contributed by atoms with E-state index < -0.39 is 4.92 Å². The van der Waals surface area contributed by atoms with Gasteiger partial charge in [-0.25, -0.2) is 0 Å². The molecule has 1 rings (SSSR count). The van der Waals surface area contributed by atoms with Crippen LogP contribution in [0.2, 0.25) is 0 Å². The lowest BCUT2D eigenvalue weighted by atomic mass is 10.1. The molecule has 82 valence electrons. The van der Waals surface area contributed by atoms with E-state index in [2.05, 4.69) is 0 Å². The van der Waals surface area contributed by atoms with Gasteiger partial charge in [-0.05, 0) is 19.1 Å². The molecular weight excluding hydrogens is 212 g/mol. The van der Waals surface area contributed by atoms with Gasteiger partial charge in [0.1, 0.15) is 6.07 Å². The number of ketones is 1. The van der Waals surface area contributed by atoms with Crippen molar-refractivity contribution in [2.24, 2.45) is 0 Å². The lowest BCUT2D eigenvalue weighted by Crippen LogP contribution is -2.01. The molecule has 6 heteroatoms. The lowest BCUT2D eigenvalue weighted by molar-refractivity contribution is -0.385. The number of carbonyl (C=O) groups excluding carboxylic acids is 1. The summed E-state index contributed by atoms with van der Waals surface area (Å²) in [5.41, 5.74) is -0.0843. The zero-order valence-corrected chi connectivity index (χ0v) is 8.47. The molecule has 0 amide bonds. The molecular formula is C10H8N2O4. The molecule has 0 aliphatic rings. The van der Waals surface area contributed by atoms with Gasteiger partial charge < -0.3 is 4.74 Å². The van der Waals surface area contributed by atoms with Gasteiger partial charge in [0.15, 0.2) is 18.1 Å². The lowest BCUT2D eigenvalue weighted by Gasteiger charge is -2.03. The summed E-state index contributed by atoms with van der Waals surface area (Å²) in [6.07, 6.45) is 0. The minimum Gasteiger partial charge on any atom is -0.472 e. The van der Waals surface area contributed by atoms with E-state index in [4.69, 9.17) is 10.00 Å². The van der Waals surface area contributed by atoms with E-state index >= 15 is 0 Å². The zero-order valence-electron chi connectivity index (χ0n) is 8.47. The highest BCUT2D eigenvalue weighted by Gasteiger charge is 2.17. The number of rotatable bonds is 4. The second kappa shape index (κ2) is 4.89. The van der Waals surface area contributed by atoms with E-state index in [0.717, 1.165) is 6.07 Å². The van der Waals surface area contributed by atoms with Crippen LogP contribution in [-0.4, -0.2) is 17.3 Å². The molecule has 16 heavy (non-hydrogen) atoms. The van der Waals surface area contributed by atoms with E-state index in [9.17, 15) is 14.9 Å². The monoisotopic (exact) mass is 220 g/mol. The van der Waals surface area contributed by atoms with Crippen molar-refractivity contribution >= 4 is 11.5 Å². The number of nitro benzene ring substituents is 1. The third-order valence-electron chi connectivity index (χ3n) is 1.85. The number of carbonyl (C=O) groups is 1. The van der Waals surface area contributed by atoms with Crippen LogP contribution in [0.4, 0.5) is 5.69 Å². The standard InChI is InChI=1S/C10H8N2O4/c1-7(13)8-2-3-10(16-5-4-11)9(6-8)12(14)15/h2-3,6H,5H2,1H3. The molecule has 6 nitrogen and oxygen atoms in total. The third-order valence-corrected chi connectivity index (χ3v) is 1.85. The number of nitrogens with zero attached hydrogens (tertiary/aromatic N) is 2. The number of benzene rings is 1. The van der Waals surface area contributed by atoms with Crippen molar-refractivity contribution in [3.05, 3.63) is 33.9 Å². The Morgan fingerprint density at radius 3 is 2.81 bits per heavy atom. The SMILES string of the molecule is CC(=O)c1ccc(OCC#N)c([N+](=O)[O-])c1. The Morgan fingerprint density at radius 1 is 1.62 bits per heavy atom. The normalized spacial score (nSPS) is 9.25. The molecule has 0 aliphatic carbocycles. The van der Waals surface area contributed by atoms with Crippen LogP contribution >= 0.6 is 0 Å². The Hall–Kier alpha value is -2.42. The van der Waals surface area contributed by atoms with E-state index in [1.54, 1.807) is 6.07 Å². The highest BCUT2D eigenvalue weighted by Crippen LogP contribution is 2.27. The molecule has 0 aromatic heterocycles. The van der Waals surface area contributed by atoms with E-state index in [-0.39, 0.29) is 29.4 Å². The van der Waals surface area contributed by atoms with Gasteiger partial charge in [0.2, 0.25) is 0 Å². The van der Waals surface area contributed by atoms with Gasteiger partial charge in [-0.15, -0.1) is 0 Å². The minimum atomic E-state index is -0.654. The fourth-order valence-electron chi connectivity index (χ4n) is 1.11. The molecule has 0 radical (unpaired) electrons. The second-order valence-electron chi connectivity index (χ2n) is 2.94. The molecule has 0 heterocycles. The van der Waals surface area contributed by atoms with E-state index in [1.807, 2.05) is 0 Å². The van der Waals surface area contributed by atoms with Crippen molar-refractivity contribution in [2.45, 2.75) is 6.92 Å². The average molecular weight is 220 g/mol. The summed E-state index contributed by atoms with van der Waals surface area (Å²) in [5, 5.41) is 19.0. The molecule has 0 fully saturated rings. The molecule has 1 aromatic carbocycles. The molecule has 0 spiro atoms. The Balaban J connectivity index is 3.15. The fourth-order valence-corrected chi connectivity index (χ4v) is 1.11. The zero-order chi connectivity index (χ0) is 12.1. The van der Waals surface area contributed by atoms with Gasteiger partial charge in [-0.1, -0.05) is 0 Å². The maximum atomic E-state index is 11.0. The first-order valence-corrected chi connectivity index (χ1v) is 4.35. The Morgan fingerprint density at radius 2 is 2.31 bits per heavy atom. The molecule has 0 N–H and O–H groups in total. The van der Waals surface area contributed by atoms with Gasteiger partial charge in [0, 0.05) is 11.6 Å². The van der Waals surface area contributed by atoms with Crippen LogP contribution in [0.1, 0.15) is 17.3 Å². The molecule has 0 atom stereocenters. The van der Waals surface area contributed by atoms with Crippen LogP contribution in [0.25, 0.3) is 0 Å². The summed E-state index contributed by atoms with van der Waals surface area (Å²) in [5.74, 6) is -0.286. The van der Waals surface area contributed by atoms with Crippen LogP contribution in [0.5, 0.6) is 5.75 Å². The van der Waals surface area contributed by atoms with Gasteiger partial charge in [-0.2, -0.15) is 5.26 Å². The predicted octanol–water partition coefficient (Wildman–Crippen LogP) is 1.70. The quantitative estimate of drug-likeness (QED) is 0.437. The summed E-state index contributed by atoms with van der Waals surface area (Å²) in [6, 6.07) is 5.57. The smallest absolute Gasteiger partial charge is 0.311 e. The highest BCUT2D eigenvalue weighted by molar-refractivity contribution is 5.95. The minimum absolute atomic E-state index is 0.0171. The number of nitro groups is 1. The van der Waals surface area contributed by atoms with Crippen LogP contribution in [-0.2, 0) is 0 Å². The topological polar surface area (TPSA) is 93.2 Å². The maximum absolute atomic E-state index is 11.0. The number of hydrogen-bond donors (Lipinski definition) is 0. The summed E-state index contributed by atoms with van der Waals surface area (Å²) in [7, 11) is 0. The molecule has 0 saturated heterocycles. The molecule has 0 aliphatic heterocycles. The number of Topliss-reactive ketones (excluding diaryl/α,β-unsaturated/α-hetero) is 1. The number of nitriles is 1. The largest absolute Gasteiger partial charge is 0.472 e. The second-order valence-corrected chi connectivity index (χ2v) is 2.94. The van der Waals surface area contributed by atoms with E-state index in [0.29, 0.717) is 0 Å². The van der Waals surface area contributed by atoms with E-state index in [1.165, 1.54) is 19.1 Å². The van der Waals surface area contributed by atoms with Crippen LogP contribution in [0, 0.1) is 21.4 Å². The fraction of sp³-hybridized carbons (Fsp3) is 0.200. The van der Waals surface area contributed by atoms with Gasteiger partial charge in [0.25, 0.3) is 0 Å². The van der Waals surface area contributed by atoms with Gasteiger partial charge >= 0.3 is 5.69 Å². The number of ether oxygens (including phenoxy) is 1. The summed E-state index contributed by atoms with van der Waals surface area (Å²) >= 11 is 0. The van der Waals surface area contributed by atoms with Crippen LogP contribution in [0.15, 0.2) is 18.2 Å². The third kappa shape index (κ3) is 2.54. The summed E-state index contributed by atoms with van der Waals surface area (Å²) in [6.45, 7) is 1.04. The Bertz CT molecular complexity index is 476. The number of hydrogen-bond acceptors (Lipinski definition) is 5. The first kappa shape index (κ1) is 11.7. The average Bonchev–Trinajstić information content (AvgIpc) is 2.25. The van der Waals surface area contributed by atoms with Crippen molar-refractivity contribution in [1.82, 2.24) is 0 Å². The first-order valence-electron chi connectivity index (χ1n) is 4.35. The van der Waals surface area contributed by atoms with Crippen LogP contribution in [0.3, 0.4) is 0 Å². The maximum Gasteiger partial charge on any atom is 0.311 e. The molecule has 0 bridgehead atoms. The van der Waals surface area contributed by atoms with Crippen LogP contribution < -0.4 is 4.74 Å². The molecule has 0 saturated carbocycles.